The third kappa shape index (κ3) is 4.78. The van der Waals surface area contributed by atoms with E-state index >= 15 is 0 Å². The number of benzene rings is 2. The zero-order chi connectivity index (χ0) is 19.5. The van der Waals surface area contributed by atoms with Gasteiger partial charge in [0.2, 0.25) is 0 Å². The van der Waals surface area contributed by atoms with Gasteiger partial charge in [-0.05, 0) is 41.8 Å². The number of anilines is 2. The number of aromatic amines is 1. The van der Waals surface area contributed by atoms with Crippen molar-refractivity contribution >= 4 is 46.3 Å². The largest absolute Gasteiger partial charge is 0.497 e. The lowest BCUT2D eigenvalue weighted by molar-refractivity contribution is 0.122. The van der Waals surface area contributed by atoms with Crippen LogP contribution in [0.5, 0.6) is 5.75 Å². The molecule has 0 unspecified atom stereocenters. The van der Waals surface area contributed by atoms with E-state index in [0.717, 1.165) is 35.4 Å². The lowest BCUT2D eigenvalue weighted by Gasteiger charge is -2.29. The number of hydrogen-bond donors (Lipinski definition) is 2. The monoisotopic (exact) mass is 435 g/mol. The highest BCUT2D eigenvalue weighted by molar-refractivity contribution is 6.33. The van der Waals surface area contributed by atoms with Crippen LogP contribution in [0.25, 0.3) is 10.9 Å². The number of rotatable bonds is 5. The summed E-state index contributed by atoms with van der Waals surface area (Å²) < 4.78 is 10.6. The number of nitrogens with zero attached hydrogens (tertiary/aromatic N) is 1. The summed E-state index contributed by atoms with van der Waals surface area (Å²) in [5.74, 6) is 0.712. The Labute approximate surface area is 180 Å². The SMILES string of the molecule is COc1ccc2cc(CNc3ccc(N4CCOCC4)c(Cl)c3)c(=O)[nH]c2c1.Cl. The van der Waals surface area contributed by atoms with Crippen LogP contribution < -0.4 is 20.5 Å². The van der Waals surface area contributed by atoms with Crippen molar-refractivity contribution in [3.63, 3.8) is 0 Å². The van der Waals surface area contributed by atoms with Crippen LogP contribution in [0.3, 0.4) is 0 Å². The molecule has 6 nitrogen and oxygen atoms in total. The number of fused-ring (bicyclic) bond motifs is 1. The van der Waals surface area contributed by atoms with Crippen LogP contribution in [0.15, 0.2) is 47.3 Å². The number of methoxy groups -OCH3 is 1. The van der Waals surface area contributed by atoms with Gasteiger partial charge >= 0.3 is 0 Å². The molecule has 1 aromatic heterocycles. The Morgan fingerprint density at radius 3 is 2.69 bits per heavy atom. The van der Waals surface area contributed by atoms with E-state index in [0.29, 0.717) is 36.1 Å². The predicted octanol–water partition coefficient (Wildman–Crippen LogP) is 4.06. The van der Waals surface area contributed by atoms with Gasteiger partial charge in [-0.3, -0.25) is 4.79 Å². The van der Waals surface area contributed by atoms with Gasteiger partial charge in [-0.25, -0.2) is 0 Å². The molecule has 1 aliphatic rings. The molecule has 8 heteroatoms. The second-order valence-electron chi connectivity index (χ2n) is 6.70. The van der Waals surface area contributed by atoms with Gasteiger partial charge in [-0.1, -0.05) is 11.6 Å². The lowest BCUT2D eigenvalue weighted by atomic mass is 10.1. The molecule has 0 bridgehead atoms. The molecule has 2 N–H and O–H groups in total. The molecule has 2 heterocycles. The summed E-state index contributed by atoms with van der Waals surface area (Å²) in [6.45, 7) is 3.51. The van der Waals surface area contributed by atoms with E-state index in [9.17, 15) is 4.79 Å². The minimum atomic E-state index is -0.121. The molecule has 1 aliphatic heterocycles. The molecule has 3 aromatic rings. The Bertz CT molecular complexity index is 1050. The average molecular weight is 436 g/mol. The summed E-state index contributed by atoms with van der Waals surface area (Å²) in [4.78, 5) is 17.5. The number of ether oxygens (including phenoxy) is 2. The van der Waals surface area contributed by atoms with E-state index in [1.807, 2.05) is 42.5 Å². The molecule has 0 spiro atoms. The number of aromatic nitrogens is 1. The third-order valence-corrected chi connectivity index (χ3v) is 5.22. The second-order valence-corrected chi connectivity index (χ2v) is 7.10. The van der Waals surface area contributed by atoms with E-state index < -0.39 is 0 Å². The molecule has 0 amide bonds. The number of pyridine rings is 1. The molecule has 154 valence electrons. The summed E-state index contributed by atoms with van der Waals surface area (Å²) in [5.41, 5.74) is 3.17. The van der Waals surface area contributed by atoms with Crippen LogP contribution >= 0.6 is 24.0 Å². The zero-order valence-corrected chi connectivity index (χ0v) is 17.6. The fourth-order valence-electron chi connectivity index (χ4n) is 3.36. The van der Waals surface area contributed by atoms with Crippen molar-refractivity contribution in [1.29, 1.82) is 0 Å². The Morgan fingerprint density at radius 2 is 1.97 bits per heavy atom. The standard InChI is InChI=1S/C21H22ClN3O3.ClH/c1-27-17-4-2-14-10-15(21(26)24-19(14)12-17)13-23-16-3-5-20(18(22)11-16)25-6-8-28-9-7-25;/h2-5,10-12,23H,6-9,13H2,1H3,(H,24,26);1H. The first-order valence-corrected chi connectivity index (χ1v) is 9.58. The summed E-state index contributed by atoms with van der Waals surface area (Å²) in [6, 6.07) is 13.4. The maximum Gasteiger partial charge on any atom is 0.253 e. The fourth-order valence-corrected chi connectivity index (χ4v) is 3.66. The maximum absolute atomic E-state index is 12.4. The Hall–Kier alpha value is -2.41. The van der Waals surface area contributed by atoms with Crippen molar-refractivity contribution in [1.82, 2.24) is 4.98 Å². The first kappa shape index (κ1) is 21.3. The molecular weight excluding hydrogens is 413 g/mol. The van der Waals surface area contributed by atoms with Crippen LogP contribution in [-0.2, 0) is 11.3 Å². The molecule has 0 aliphatic carbocycles. The first-order valence-electron chi connectivity index (χ1n) is 9.20. The van der Waals surface area contributed by atoms with Crippen LogP contribution in [0, 0.1) is 0 Å². The van der Waals surface area contributed by atoms with Crippen LogP contribution in [0.4, 0.5) is 11.4 Å². The zero-order valence-electron chi connectivity index (χ0n) is 16.0. The Morgan fingerprint density at radius 1 is 1.17 bits per heavy atom. The van der Waals surface area contributed by atoms with Crippen molar-refractivity contribution in [3.8, 4) is 5.75 Å². The fraction of sp³-hybridized carbons (Fsp3) is 0.286. The predicted molar refractivity (Wildman–Crippen MR) is 120 cm³/mol. The quantitative estimate of drug-likeness (QED) is 0.632. The van der Waals surface area contributed by atoms with Gasteiger partial charge in [-0.15, -0.1) is 12.4 Å². The molecular formula is C21H23Cl2N3O3. The van der Waals surface area contributed by atoms with Crippen molar-refractivity contribution in [2.75, 3.05) is 43.6 Å². The minimum absolute atomic E-state index is 0. The molecule has 0 radical (unpaired) electrons. The van der Waals surface area contributed by atoms with Crippen molar-refractivity contribution in [2.24, 2.45) is 0 Å². The molecule has 29 heavy (non-hydrogen) atoms. The molecule has 1 saturated heterocycles. The molecule has 4 rings (SSSR count). The van der Waals surface area contributed by atoms with E-state index in [4.69, 9.17) is 21.1 Å². The van der Waals surface area contributed by atoms with E-state index in [-0.39, 0.29) is 18.0 Å². The molecule has 0 atom stereocenters. The second kappa shape index (κ2) is 9.39. The summed E-state index contributed by atoms with van der Waals surface area (Å²) in [5, 5.41) is 4.93. The number of hydrogen-bond acceptors (Lipinski definition) is 5. The lowest BCUT2D eigenvalue weighted by Crippen LogP contribution is -2.36. The van der Waals surface area contributed by atoms with Gasteiger partial charge in [0.15, 0.2) is 0 Å². The van der Waals surface area contributed by atoms with Gasteiger partial charge in [-0.2, -0.15) is 0 Å². The normalized spacial score (nSPS) is 13.8. The van der Waals surface area contributed by atoms with Crippen molar-refractivity contribution in [3.05, 3.63) is 63.4 Å². The highest BCUT2D eigenvalue weighted by Crippen LogP contribution is 2.29. The highest BCUT2D eigenvalue weighted by Gasteiger charge is 2.14. The maximum atomic E-state index is 12.4. The van der Waals surface area contributed by atoms with Crippen LogP contribution in [0.2, 0.25) is 5.02 Å². The molecule has 0 saturated carbocycles. The Kier molecular flexibility index (Phi) is 6.90. The van der Waals surface area contributed by atoms with Gasteiger partial charge in [0.25, 0.3) is 5.56 Å². The smallest absolute Gasteiger partial charge is 0.253 e. The number of H-pyrrole nitrogens is 1. The Balaban J connectivity index is 0.00000240. The van der Waals surface area contributed by atoms with Gasteiger partial charge < -0.3 is 24.7 Å². The van der Waals surface area contributed by atoms with Crippen molar-refractivity contribution in [2.45, 2.75) is 6.54 Å². The van der Waals surface area contributed by atoms with E-state index in [1.54, 1.807) is 7.11 Å². The van der Waals surface area contributed by atoms with Gasteiger partial charge in [0, 0.05) is 37.0 Å². The van der Waals surface area contributed by atoms with Crippen LogP contribution in [0.1, 0.15) is 5.56 Å². The summed E-state index contributed by atoms with van der Waals surface area (Å²) in [6.07, 6.45) is 0. The van der Waals surface area contributed by atoms with E-state index in [2.05, 4.69) is 15.2 Å². The van der Waals surface area contributed by atoms with Crippen molar-refractivity contribution < 1.29 is 9.47 Å². The first-order chi connectivity index (χ1) is 13.6. The summed E-state index contributed by atoms with van der Waals surface area (Å²) >= 11 is 6.48. The van der Waals surface area contributed by atoms with Gasteiger partial charge in [0.1, 0.15) is 5.75 Å². The molecule has 2 aromatic carbocycles. The third-order valence-electron chi connectivity index (χ3n) is 4.91. The number of halogens is 2. The summed E-state index contributed by atoms with van der Waals surface area (Å²) in [7, 11) is 1.60. The van der Waals surface area contributed by atoms with Crippen LogP contribution in [-0.4, -0.2) is 38.4 Å². The molecule has 1 fully saturated rings. The average Bonchev–Trinajstić information content (AvgIpc) is 2.72. The van der Waals surface area contributed by atoms with Gasteiger partial charge in [0.05, 0.1) is 36.6 Å². The topological polar surface area (TPSA) is 66.6 Å². The minimum Gasteiger partial charge on any atom is -0.497 e. The number of nitrogens with one attached hydrogen (secondary N) is 2. The number of morpholine rings is 1. The van der Waals surface area contributed by atoms with E-state index in [1.165, 1.54) is 0 Å². The highest BCUT2D eigenvalue weighted by atomic mass is 35.5.